The van der Waals surface area contributed by atoms with Crippen LogP contribution in [0.25, 0.3) is 0 Å². The van der Waals surface area contributed by atoms with Crippen LogP contribution in [0.2, 0.25) is 0 Å². The highest BCUT2D eigenvalue weighted by molar-refractivity contribution is 7.89. The number of hydrogen-bond acceptors (Lipinski definition) is 5. The van der Waals surface area contributed by atoms with Gasteiger partial charge < -0.3 is 4.90 Å². The molecule has 2 saturated heterocycles. The van der Waals surface area contributed by atoms with Crippen LogP contribution in [0.1, 0.15) is 12.8 Å². The average molecular weight is 364 g/mol. The third-order valence-corrected chi connectivity index (χ3v) is 6.92. The average Bonchev–Trinajstić information content (AvgIpc) is 3.21. The minimum absolute atomic E-state index is 0.0849. The van der Waals surface area contributed by atoms with Crippen LogP contribution in [0.5, 0.6) is 0 Å². The summed E-state index contributed by atoms with van der Waals surface area (Å²) < 4.78 is 40.5. The fraction of sp³-hybridized carbons (Fsp3) is 0.438. The molecule has 0 spiro atoms. The maximum Gasteiger partial charge on any atom is 0.253 e. The van der Waals surface area contributed by atoms with E-state index in [1.807, 2.05) is 0 Å². The lowest BCUT2D eigenvalue weighted by atomic mass is 10.2. The SMILES string of the molecule is O=C(C1=CN=NC1)N1CC2CCC(C1)N2S(=O)(=O)c1ccc(F)cc1. The molecule has 2 unspecified atom stereocenters. The Bertz CT molecular complexity index is 852. The van der Waals surface area contributed by atoms with Gasteiger partial charge in [-0.1, -0.05) is 0 Å². The minimum Gasteiger partial charge on any atom is -0.336 e. The van der Waals surface area contributed by atoms with Crippen LogP contribution in [0.3, 0.4) is 0 Å². The maximum atomic E-state index is 13.1. The minimum atomic E-state index is -3.71. The van der Waals surface area contributed by atoms with Crippen LogP contribution in [0, 0.1) is 5.82 Å². The van der Waals surface area contributed by atoms with Gasteiger partial charge in [0.15, 0.2) is 0 Å². The second-order valence-electron chi connectivity index (χ2n) is 6.45. The summed E-state index contributed by atoms with van der Waals surface area (Å²) in [4.78, 5) is 14.3. The van der Waals surface area contributed by atoms with Gasteiger partial charge in [0.1, 0.15) is 5.82 Å². The molecule has 3 aliphatic rings. The van der Waals surface area contributed by atoms with Gasteiger partial charge in [0.25, 0.3) is 5.91 Å². The van der Waals surface area contributed by atoms with E-state index in [-0.39, 0.29) is 29.4 Å². The molecule has 2 bridgehead atoms. The van der Waals surface area contributed by atoms with Gasteiger partial charge in [-0.15, -0.1) is 0 Å². The smallest absolute Gasteiger partial charge is 0.253 e. The number of hydrogen-bond donors (Lipinski definition) is 0. The number of rotatable bonds is 3. The highest BCUT2D eigenvalue weighted by atomic mass is 32.2. The summed E-state index contributed by atoms with van der Waals surface area (Å²) in [5, 5.41) is 7.50. The Morgan fingerprint density at radius 2 is 1.76 bits per heavy atom. The number of nitrogens with zero attached hydrogens (tertiary/aromatic N) is 4. The van der Waals surface area contributed by atoms with Crippen molar-refractivity contribution in [2.24, 2.45) is 10.2 Å². The van der Waals surface area contributed by atoms with E-state index >= 15 is 0 Å². The first-order valence-corrected chi connectivity index (χ1v) is 9.55. The van der Waals surface area contributed by atoms with Crippen molar-refractivity contribution in [1.29, 1.82) is 0 Å². The summed E-state index contributed by atoms with van der Waals surface area (Å²) in [7, 11) is -3.71. The molecule has 0 aliphatic carbocycles. The van der Waals surface area contributed by atoms with Crippen molar-refractivity contribution >= 4 is 15.9 Å². The van der Waals surface area contributed by atoms with E-state index in [4.69, 9.17) is 0 Å². The Morgan fingerprint density at radius 1 is 1.12 bits per heavy atom. The van der Waals surface area contributed by atoms with Gasteiger partial charge in [-0.05, 0) is 37.1 Å². The van der Waals surface area contributed by atoms with Gasteiger partial charge in [-0.25, -0.2) is 12.8 Å². The summed E-state index contributed by atoms with van der Waals surface area (Å²) >= 11 is 0. The van der Waals surface area contributed by atoms with E-state index in [9.17, 15) is 17.6 Å². The van der Waals surface area contributed by atoms with Gasteiger partial charge in [0, 0.05) is 25.2 Å². The van der Waals surface area contributed by atoms with Crippen molar-refractivity contribution < 1.29 is 17.6 Å². The molecule has 2 atom stereocenters. The number of sulfonamides is 1. The standard InChI is InChI=1S/C16H17FN4O3S/c17-12-1-5-15(6-2-12)25(23,24)21-13-3-4-14(21)10-20(9-13)16(22)11-7-18-19-8-11/h1-2,5-7,13-14H,3-4,8-10H2. The number of piperazine rings is 1. The van der Waals surface area contributed by atoms with Crippen molar-refractivity contribution in [3.63, 3.8) is 0 Å². The third kappa shape index (κ3) is 2.77. The van der Waals surface area contributed by atoms with Gasteiger partial charge in [0.2, 0.25) is 10.0 Å². The number of halogens is 1. The second-order valence-corrected chi connectivity index (χ2v) is 8.30. The molecule has 25 heavy (non-hydrogen) atoms. The van der Waals surface area contributed by atoms with Crippen LogP contribution in [-0.4, -0.2) is 55.2 Å². The normalized spacial score (nSPS) is 26.1. The largest absolute Gasteiger partial charge is 0.336 e. The lowest BCUT2D eigenvalue weighted by Crippen LogP contribution is -2.57. The van der Waals surface area contributed by atoms with Gasteiger partial charge in [-0.2, -0.15) is 14.5 Å². The Hall–Kier alpha value is -2.13. The molecule has 2 fully saturated rings. The lowest BCUT2D eigenvalue weighted by molar-refractivity contribution is -0.129. The molecule has 0 saturated carbocycles. The van der Waals surface area contributed by atoms with Crippen molar-refractivity contribution in [2.45, 2.75) is 29.8 Å². The first kappa shape index (κ1) is 16.3. The maximum absolute atomic E-state index is 13.1. The first-order valence-electron chi connectivity index (χ1n) is 8.11. The topological polar surface area (TPSA) is 82.4 Å². The Balaban J connectivity index is 1.56. The van der Waals surface area contributed by atoms with E-state index in [0.29, 0.717) is 31.5 Å². The second kappa shape index (κ2) is 5.99. The number of amides is 1. The molecule has 1 aromatic rings. The molecule has 3 aliphatic heterocycles. The van der Waals surface area contributed by atoms with E-state index < -0.39 is 15.8 Å². The van der Waals surface area contributed by atoms with Crippen molar-refractivity contribution in [3.05, 3.63) is 41.9 Å². The molecular weight excluding hydrogens is 347 g/mol. The summed E-state index contributed by atoms with van der Waals surface area (Å²) in [6.45, 7) is 0.989. The molecule has 1 aromatic carbocycles. The number of likely N-dealkylation sites (tertiary alicyclic amines) is 1. The molecule has 1 amide bonds. The number of azo groups is 1. The molecule has 4 rings (SSSR count). The van der Waals surface area contributed by atoms with Gasteiger partial charge in [-0.3, -0.25) is 4.79 Å². The molecule has 7 nitrogen and oxygen atoms in total. The summed E-state index contributed by atoms with van der Waals surface area (Å²) in [5.74, 6) is -0.598. The quantitative estimate of drug-likeness (QED) is 0.816. The molecule has 0 radical (unpaired) electrons. The van der Waals surface area contributed by atoms with E-state index in [0.717, 1.165) is 12.1 Å². The van der Waals surface area contributed by atoms with Crippen LogP contribution < -0.4 is 0 Å². The molecule has 9 heteroatoms. The van der Waals surface area contributed by atoms with Gasteiger partial charge >= 0.3 is 0 Å². The van der Waals surface area contributed by atoms with Crippen LogP contribution in [0.15, 0.2) is 51.2 Å². The lowest BCUT2D eigenvalue weighted by Gasteiger charge is -2.40. The Morgan fingerprint density at radius 3 is 2.32 bits per heavy atom. The number of carbonyl (C=O) groups excluding carboxylic acids is 1. The van der Waals surface area contributed by atoms with Crippen molar-refractivity contribution in [3.8, 4) is 0 Å². The number of fused-ring (bicyclic) bond motifs is 2. The fourth-order valence-corrected chi connectivity index (χ4v) is 5.60. The zero-order valence-electron chi connectivity index (χ0n) is 13.4. The van der Waals surface area contributed by atoms with Crippen LogP contribution >= 0.6 is 0 Å². The zero-order valence-corrected chi connectivity index (χ0v) is 14.2. The Kier molecular flexibility index (Phi) is 3.92. The molecule has 0 N–H and O–H groups in total. The predicted molar refractivity (Wildman–Crippen MR) is 86.6 cm³/mol. The predicted octanol–water partition coefficient (Wildman–Crippen LogP) is 1.54. The van der Waals surface area contributed by atoms with Crippen molar-refractivity contribution in [2.75, 3.05) is 19.6 Å². The van der Waals surface area contributed by atoms with Crippen LogP contribution in [-0.2, 0) is 14.8 Å². The Labute approximate surface area is 144 Å². The van der Waals surface area contributed by atoms with Crippen LogP contribution in [0.4, 0.5) is 4.39 Å². The highest BCUT2D eigenvalue weighted by Crippen LogP contribution is 2.35. The monoisotopic (exact) mass is 364 g/mol. The highest BCUT2D eigenvalue weighted by Gasteiger charge is 2.47. The molecule has 132 valence electrons. The van der Waals surface area contributed by atoms with E-state index in [2.05, 4.69) is 10.2 Å². The van der Waals surface area contributed by atoms with E-state index in [1.54, 1.807) is 4.90 Å². The molecular formula is C16H17FN4O3S. The molecule has 0 aromatic heterocycles. The molecule has 3 heterocycles. The third-order valence-electron chi connectivity index (χ3n) is 4.90. The van der Waals surface area contributed by atoms with Gasteiger partial charge in [0.05, 0.1) is 23.2 Å². The zero-order chi connectivity index (χ0) is 17.6. The summed E-state index contributed by atoms with van der Waals surface area (Å²) in [6.07, 6.45) is 2.89. The number of benzene rings is 1. The van der Waals surface area contributed by atoms with Crippen molar-refractivity contribution in [1.82, 2.24) is 9.21 Å². The first-order chi connectivity index (χ1) is 12.0. The number of carbonyl (C=O) groups is 1. The van der Waals surface area contributed by atoms with E-state index in [1.165, 1.54) is 22.6 Å². The summed E-state index contributed by atoms with van der Waals surface area (Å²) in [5.41, 5.74) is 0.536. The fourth-order valence-electron chi connectivity index (χ4n) is 3.75. The summed E-state index contributed by atoms with van der Waals surface area (Å²) in [6, 6.07) is 4.35.